The Morgan fingerprint density at radius 3 is 1.62 bits per heavy atom. The Bertz CT molecular complexity index is 801. The molecule has 192 valence electrons. The van der Waals surface area contributed by atoms with Gasteiger partial charge in [0.05, 0.1) is 12.5 Å². The van der Waals surface area contributed by atoms with Crippen LogP contribution in [-0.2, 0) is 33.6 Å². The molecule has 0 aromatic rings. The first-order chi connectivity index (χ1) is 15.6. The Balaban J connectivity index is 5.61. The summed E-state index contributed by atoms with van der Waals surface area (Å²) >= 11 is 0. The number of hydrogen-bond donors (Lipinski definition) is 8. The summed E-state index contributed by atoms with van der Waals surface area (Å²) in [5, 5.41) is 24.7. The zero-order chi connectivity index (χ0) is 26.6. The highest BCUT2D eigenvalue weighted by Crippen LogP contribution is 2.05. The first-order valence-corrected chi connectivity index (χ1v) is 10.3. The van der Waals surface area contributed by atoms with E-state index in [-0.39, 0.29) is 18.8 Å². The highest BCUT2D eigenvalue weighted by molar-refractivity contribution is 5.96. The van der Waals surface area contributed by atoms with Crippen molar-refractivity contribution < 1.29 is 43.8 Å². The number of carboxylic acid groups (broad SMARTS) is 2. The first kappa shape index (κ1) is 30.2. The van der Waals surface area contributed by atoms with Gasteiger partial charge in [0, 0.05) is 12.8 Å². The van der Waals surface area contributed by atoms with Crippen molar-refractivity contribution in [2.45, 2.75) is 70.1 Å². The summed E-state index contributed by atoms with van der Waals surface area (Å²) in [6, 6.07) is -5.64. The molecule has 0 fully saturated rings. The van der Waals surface area contributed by atoms with Gasteiger partial charge < -0.3 is 43.4 Å². The standard InChI is InChI=1S/C19H32N6O9/c1-8(2)15(22)18(32)25-11(7-13(21)27)17(31)23-9(4-6-14(28)29)16(30)24-10(19(33)34)3-5-12(20)26/h8-11,15H,3-7,22H2,1-2H3,(H2,20,26)(H2,21,27)(H,23,31)(H,24,30)(H,25,32)(H,28,29)(H,33,34). The molecule has 0 bridgehead atoms. The molecule has 0 radical (unpaired) electrons. The fraction of sp³-hybridized carbons (Fsp3) is 0.632. The lowest BCUT2D eigenvalue weighted by Crippen LogP contribution is -2.58. The molecule has 4 unspecified atom stereocenters. The molecule has 0 heterocycles. The van der Waals surface area contributed by atoms with Crippen molar-refractivity contribution in [1.29, 1.82) is 0 Å². The van der Waals surface area contributed by atoms with Crippen LogP contribution in [0, 0.1) is 5.92 Å². The van der Waals surface area contributed by atoms with Crippen molar-refractivity contribution in [2.75, 3.05) is 0 Å². The van der Waals surface area contributed by atoms with E-state index in [1.807, 2.05) is 0 Å². The number of carboxylic acids is 2. The molecule has 11 N–H and O–H groups in total. The lowest BCUT2D eigenvalue weighted by molar-refractivity contribution is -0.143. The molecule has 0 aliphatic rings. The van der Waals surface area contributed by atoms with Crippen LogP contribution in [0.2, 0.25) is 0 Å². The van der Waals surface area contributed by atoms with Gasteiger partial charge in [0.15, 0.2) is 0 Å². The van der Waals surface area contributed by atoms with Gasteiger partial charge in [-0.15, -0.1) is 0 Å². The molecule has 0 saturated carbocycles. The van der Waals surface area contributed by atoms with Crippen LogP contribution in [0.3, 0.4) is 0 Å². The van der Waals surface area contributed by atoms with Crippen molar-refractivity contribution in [3.05, 3.63) is 0 Å². The number of nitrogens with two attached hydrogens (primary N) is 3. The average Bonchev–Trinajstić information content (AvgIpc) is 2.71. The summed E-state index contributed by atoms with van der Waals surface area (Å²) < 4.78 is 0. The molecule has 0 rings (SSSR count). The zero-order valence-electron chi connectivity index (χ0n) is 18.9. The average molecular weight is 488 g/mol. The lowest BCUT2D eigenvalue weighted by Gasteiger charge is -2.25. The minimum atomic E-state index is -1.55. The maximum atomic E-state index is 12.7. The fourth-order valence-electron chi connectivity index (χ4n) is 2.61. The van der Waals surface area contributed by atoms with E-state index in [9.17, 15) is 38.7 Å². The summed E-state index contributed by atoms with van der Waals surface area (Å²) in [5.41, 5.74) is 15.8. The van der Waals surface area contributed by atoms with E-state index in [2.05, 4.69) is 16.0 Å². The molecule has 15 heteroatoms. The molecule has 0 aromatic carbocycles. The number of nitrogens with one attached hydrogen (secondary N) is 3. The van der Waals surface area contributed by atoms with E-state index in [4.69, 9.17) is 22.3 Å². The highest BCUT2D eigenvalue weighted by Gasteiger charge is 2.31. The summed E-state index contributed by atoms with van der Waals surface area (Å²) in [4.78, 5) is 82.2. The summed E-state index contributed by atoms with van der Waals surface area (Å²) in [7, 11) is 0. The second-order valence-corrected chi connectivity index (χ2v) is 7.90. The number of primary amides is 2. The molecular weight excluding hydrogens is 456 g/mol. The van der Waals surface area contributed by atoms with Crippen molar-refractivity contribution in [1.82, 2.24) is 16.0 Å². The van der Waals surface area contributed by atoms with Crippen LogP contribution in [0.15, 0.2) is 0 Å². The predicted molar refractivity (Wildman–Crippen MR) is 115 cm³/mol. The molecule has 15 nitrogen and oxygen atoms in total. The van der Waals surface area contributed by atoms with Crippen molar-refractivity contribution in [3.8, 4) is 0 Å². The van der Waals surface area contributed by atoms with Gasteiger partial charge in [-0.3, -0.25) is 28.8 Å². The minimum absolute atomic E-state index is 0.306. The number of carbonyl (C=O) groups is 7. The predicted octanol–water partition coefficient (Wildman–Crippen LogP) is -3.49. The molecule has 0 saturated heterocycles. The number of carbonyl (C=O) groups excluding carboxylic acids is 5. The SMILES string of the molecule is CC(C)C(N)C(=O)NC(CC(N)=O)C(=O)NC(CCC(=O)O)C(=O)NC(CCC(N)=O)C(=O)O. The normalized spacial score (nSPS) is 14.2. The van der Waals surface area contributed by atoms with Crippen LogP contribution in [-0.4, -0.2) is 75.9 Å². The second kappa shape index (κ2) is 14.4. The summed E-state index contributed by atoms with van der Waals surface area (Å²) in [6.45, 7) is 3.30. The molecule has 0 spiro atoms. The van der Waals surface area contributed by atoms with Crippen molar-refractivity contribution >= 4 is 41.5 Å². The van der Waals surface area contributed by atoms with Crippen LogP contribution in [0.4, 0.5) is 0 Å². The van der Waals surface area contributed by atoms with Gasteiger partial charge in [-0.25, -0.2) is 4.79 Å². The van der Waals surface area contributed by atoms with Crippen LogP contribution < -0.4 is 33.2 Å². The van der Waals surface area contributed by atoms with Gasteiger partial charge >= 0.3 is 11.9 Å². The van der Waals surface area contributed by atoms with E-state index in [0.717, 1.165) is 0 Å². The van der Waals surface area contributed by atoms with Crippen LogP contribution in [0.5, 0.6) is 0 Å². The third kappa shape index (κ3) is 11.8. The van der Waals surface area contributed by atoms with Gasteiger partial charge in [-0.2, -0.15) is 0 Å². The number of rotatable bonds is 16. The van der Waals surface area contributed by atoms with E-state index < -0.39 is 84.9 Å². The largest absolute Gasteiger partial charge is 0.481 e. The number of hydrogen-bond acceptors (Lipinski definition) is 8. The first-order valence-electron chi connectivity index (χ1n) is 10.3. The van der Waals surface area contributed by atoms with Crippen molar-refractivity contribution in [2.24, 2.45) is 23.1 Å². The van der Waals surface area contributed by atoms with Crippen LogP contribution in [0.1, 0.15) is 46.0 Å². The third-order valence-electron chi connectivity index (χ3n) is 4.63. The van der Waals surface area contributed by atoms with Crippen LogP contribution in [0.25, 0.3) is 0 Å². The molecule has 4 atom stereocenters. The number of amides is 5. The molecule has 34 heavy (non-hydrogen) atoms. The Morgan fingerprint density at radius 1 is 0.706 bits per heavy atom. The van der Waals surface area contributed by atoms with Crippen LogP contribution >= 0.6 is 0 Å². The Labute approximate surface area is 195 Å². The molecule has 0 aliphatic heterocycles. The second-order valence-electron chi connectivity index (χ2n) is 7.90. The highest BCUT2D eigenvalue weighted by atomic mass is 16.4. The maximum absolute atomic E-state index is 12.7. The molecular formula is C19H32N6O9. The quantitative estimate of drug-likeness (QED) is 0.106. The van der Waals surface area contributed by atoms with Gasteiger partial charge in [0.2, 0.25) is 29.5 Å². The van der Waals surface area contributed by atoms with Gasteiger partial charge in [0.25, 0.3) is 0 Å². The molecule has 5 amide bonds. The lowest BCUT2D eigenvalue weighted by atomic mass is 10.0. The summed E-state index contributed by atoms with van der Waals surface area (Å²) in [6.07, 6.45) is -2.37. The number of aliphatic carboxylic acids is 2. The van der Waals surface area contributed by atoms with Gasteiger partial charge in [0.1, 0.15) is 18.1 Å². The van der Waals surface area contributed by atoms with E-state index in [1.165, 1.54) is 0 Å². The van der Waals surface area contributed by atoms with E-state index >= 15 is 0 Å². The Morgan fingerprint density at radius 2 is 1.18 bits per heavy atom. The minimum Gasteiger partial charge on any atom is -0.481 e. The van der Waals surface area contributed by atoms with Gasteiger partial charge in [-0.1, -0.05) is 13.8 Å². The smallest absolute Gasteiger partial charge is 0.326 e. The van der Waals surface area contributed by atoms with Gasteiger partial charge in [-0.05, 0) is 18.8 Å². The third-order valence-corrected chi connectivity index (χ3v) is 4.63. The zero-order valence-corrected chi connectivity index (χ0v) is 18.9. The fourth-order valence-corrected chi connectivity index (χ4v) is 2.61. The van der Waals surface area contributed by atoms with E-state index in [0.29, 0.717) is 0 Å². The van der Waals surface area contributed by atoms with E-state index in [1.54, 1.807) is 13.8 Å². The maximum Gasteiger partial charge on any atom is 0.326 e. The Hall–Kier alpha value is -3.75. The topological polar surface area (TPSA) is 274 Å². The summed E-state index contributed by atoms with van der Waals surface area (Å²) in [5.74, 6) is -7.73. The monoisotopic (exact) mass is 488 g/mol. The molecule has 0 aromatic heterocycles. The van der Waals surface area contributed by atoms with Crippen molar-refractivity contribution in [3.63, 3.8) is 0 Å². The Kier molecular flexibility index (Phi) is 12.8. The molecule has 0 aliphatic carbocycles.